The molecule has 0 aromatic carbocycles. The molecule has 2 fully saturated rings. The van der Waals surface area contributed by atoms with Crippen LogP contribution >= 0.6 is 0 Å². The van der Waals surface area contributed by atoms with Crippen LogP contribution < -0.4 is 0 Å². The third-order valence-corrected chi connectivity index (χ3v) is 3.98. The van der Waals surface area contributed by atoms with Gasteiger partial charge in [-0.3, -0.25) is 4.90 Å². The Morgan fingerprint density at radius 3 is 2.73 bits per heavy atom. The molecule has 0 aromatic rings. The molecule has 88 valence electrons. The van der Waals surface area contributed by atoms with Crippen molar-refractivity contribution < 1.29 is 9.84 Å². The van der Waals surface area contributed by atoms with Crippen LogP contribution in [0.2, 0.25) is 0 Å². The smallest absolute Gasteiger partial charge is 0.0746 e. The molecule has 1 N–H and O–H groups in total. The predicted octanol–water partition coefficient (Wildman–Crippen LogP) is 1.26. The van der Waals surface area contributed by atoms with E-state index in [9.17, 15) is 5.11 Å². The zero-order valence-electron chi connectivity index (χ0n) is 9.91. The summed E-state index contributed by atoms with van der Waals surface area (Å²) in [6.07, 6.45) is 3.20. The Hall–Kier alpha value is -0.120. The van der Waals surface area contributed by atoms with Crippen LogP contribution in [-0.2, 0) is 4.74 Å². The zero-order chi connectivity index (χ0) is 10.9. The summed E-state index contributed by atoms with van der Waals surface area (Å²) in [5.41, 5.74) is 0.0951. The zero-order valence-corrected chi connectivity index (χ0v) is 9.91. The number of aliphatic hydroxyl groups excluding tert-OH is 1. The second-order valence-electron chi connectivity index (χ2n) is 5.54. The van der Waals surface area contributed by atoms with Crippen molar-refractivity contribution in [3.63, 3.8) is 0 Å². The highest BCUT2D eigenvalue weighted by Gasteiger charge is 2.43. The van der Waals surface area contributed by atoms with Crippen molar-refractivity contribution in [1.82, 2.24) is 4.90 Å². The molecule has 1 aliphatic heterocycles. The summed E-state index contributed by atoms with van der Waals surface area (Å²) >= 11 is 0. The highest BCUT2D eigenvalue weighted by Crippen LogP contribution is 2.39. The van der Waals surface area contributed by atoms with E-state index in [2.05, 4.69) is 18.7 Å². The van der Waals surface area contributed by atoms with Gasteiger partial charge < -0.3 is 9.84 Å². The number of rotatable bonds is 1. The maximum atomic E-state index is 10.3. The van der Waals surface area contributed by atoms with E-state index in [4.69, 9.17) is 4.74 Å². The lowest BCUT2D eigenvalue weighted by atomic mass is 9.88. The first-order chi connectivity index (χ1) is 7.11. The van der Waals surface area contributed by atoms with Crippen molar-refractivity contribution >= 4 is 0 Å². The van der Waals surface area contributed by atoms with E-state index in [1.54, 1.807) is 0 Å². The van der Waals surface area contributed by atoms with Gasteiger partial charge in [0.1, 0.15) is 0 Å². The molecular weight excluding hydrogens is 190 g/mol. The Labute approximate surface area is 92.4 Å². The van der Waals surface area contributed by atoms with Gasteiger partial charge in [-0.1, -0.05) is 13.8 Å². The average molecular weight is 213 g/mol. The standard InChI is InChI=1S/C12H23NO2/c1-12(2)5-4-10(11(12)14)13-6-3-8-15-9-7-13/h10-11,14H,3-9H2,1-2H3. The normalized spacial score (nSPS) is 37.8. The van der Waals surface area contributed by atoms with Crippen molar-refractivity contribution in [2.75, 3.05) is 26.3 Å². The van der Waals surface area contributed by atoms with E-state index in [-0.39, 0.29) is 11.5 Å². The van der Waals surface area contributed by atoms with Gasteiger partial charge in [0.05, 0.1) is 12.7 Å². The molecule has 1 aliphatic carbocycles. The highest BCUT2D eigenvalue weighted by atomic mass is 16.5. The van der Waals surface area contributed by atoms with Crippen LogP contribution in [0.4, 0.5) is 0 Å². The summed E-state index contributed by atoms with van der Waals surface area (Å²) in [7, 11) is 0. The summed E-state index contributed by atoms with van der Waals surface area (Å²) < 4.78 is 5.45. The first-order valence-corrected chi connectivity index (χ1v) is 6.11. The van der Waals surface area contributed by atoms with Crippen molar-refractivity contribution in [3.8, 4) is 0 Å². The van der Waals surface area contributed by atoms with Crippen LogP contribution in [0.5, 0.6) is 0 Å². The molecular formula is C12H23NO2. The van der Waals surface area contributed by atoms with E-state index >= 15 is 0 Å². The highest BCUT2D eigenvalue weighted by molar-refractivity contribution is 4.96. The molecule has 0 aromatic heterocycles. The van der Waals surface area contributed by atoms with Crippen LogP contribution in [-0.4, -0.2) is 48.5 Å². The minimum Gasteiger partial charge on any atom is -0.391 e. The van der Waals surface area contributed by atoms with E-state index in [0.717, 1.165) is 45.6 Å². The van der Waals surface area contributed by atoms with Gasteiger partial charge in [-0.15, -0.1) is 0 Å². The third-order valence-electron chi connectivity index (χ3n) is 3.98. The summed E-state index contributed by atoms with van der Waals surface area (Å²) in [6.45, 7) is 8.11. The Kier molecular flexibility index (Phi) is 3.33. The Bertz CT molecular complexity index is 210. The number of nitrogens with zero attached hydrogens (tertiary/aromatic N) is 1. The topological polar surface area (TPSA) is 32.7 Å². The maximum absolute atomic E-state index is 10.3. The molecule has 2 aliphatic rings. The fraction of sp³-hybridized carbons (Fsp3) is 1.00. The van der Waals surface area contributed by atoms with Crippen LogP contribution in [0.3, 0.4) is 0 Å². The fourth-order valence-electron chi connectivity index (χ4n) is 2.83. The third kappa shape index (κ3) is 2.35. The lowest BCUT2D eigenvalue weighted by Crippen LogP contribution is -2.45. The Morgan fingerprint density at radius 1 is 1.27 bits per heavy atom. The second kappa shape index (κ2) is 4.40. The number of ether oxygens (including phenoxy) is 1. The average Bonchev–Trinajstić information content (AvgIpc) is 2.46. The summed E-state index contributed by atoms with van der Waals surface area (Å²) in [4.78, 5) is 2.42. The number of hydrogen-bond donors (Lipinski definition) is 1. The minimum absolute atomic E-state index is 0.0951. The van der Waals surface area contributed by atoms with Gasteiger partial charge in [0.25, 0.3) is 0 Å². The molecule has 3 heteroatoms. The van der Waals surface area contributed by atoms with Crippen LogP contribution in [0.25, 0.3) is 0 Å². The lowest BCUT2D eigenvalue weighted by Gasteiger charge is -2.33. The van der Waals surface area contributed by atoms with Gasteiger partial charge >= 0.3 is 0 Å². The van der Waals surface area contributed by atoms with Crippen LogP contribution in [0.1, 0.15) is 33.1 Å². The van der Waals surface area contributed by atoms with E-state index in [1.807, 2.05) is 0 Å². The van der Waals surface area contributed by atoms with Crippen molar-refractivity contribution in [3.05, 3.63) is 0 Å². The van der Waals surface area contributed by atoms with E-state index in [0.29, 0.717) is 6.04 Å². The van der Waals surface area contributed by atoms with Gasteiger partial charge in [0.15, 0.2) is 0 Å². The number of hydrogen-bond acceptors (Lipinski definition) is 3. The molecule has 1 heterocycles. The molecule has 2 unspecified atom stereocenters. The van der Waals surface area contributed by atoms with Crippen LogP contribution in [0.15, 0.2) is 0 Å². The molecule has 0 bridgehead atoms. The summed E-state index contributed by atoms with van der Waals surface area (Å²) in [5.74, 6) is 0. The molecule has 2 atom stereocenters. The molecule has 15 heavy (non-hydrogen) atoms. The molecule has 3 nitrogen and oxygen atoms in total. The van der Waals surface area contributed by atoms with Crippen molar-refractivity contribution in [2.24, 2.45) is 5.41 Å². The van der Waals surface area contributed by atoms with Crippen molar-refractivity contribution in [1.29, 1.82) is 0 Å². The minimum atomic E-state index is -0.171. The van der Waals surface area contributed by atoms with E-state index < -0.39 is 0 Å². The first kappa shape index (κ1) is 11.4. The summed E-state index contributed by atoms with van der Waals surface area (Å²) in [6, 6.07) is 0.363. The molecule has 1 saturated heterocycles. The van der Waals surface area contributed by atoms with Gasteiger partial charge in [-0.05, 0) is 24.7 Å². The number of aliphatic hydroxyl groups is 1. The van der Waals surface area contributed by atoms with Crippen LogP contribution in [0, 0.1) is 5.41 Å². The monoisotopic (exact) mass is 213 g/mol. The van der Waals surface area contributed by atoms with Crippen molar-refractivity contribution in [2.45, 2.75) is 45.3 Å². The van der Waals surface area contributed by atoms with E-state index in [1.165, 1.54) is 0 Å². The molecule has 2 rings (SSSR count). The van der Waals surface area contributed by atoms with Gasteiger partial charge in [0.2, 0.25) is 0 Å². The summed E-state index contributed by atoms with van der Waals surface area (Å²) in [5, 5.41) is 10.3. The fourth-order valence-corrected chi connectivity index (χ4v) is 2.83. The SMILES string of the molecule is CC1(C)CCC(N2CCCOCC2)C1O. The predicted molar refractivity (Wildman–Crippen MR) is 59.8 cm³/mol. The van der Waals surface area contributed by atoms with Gasteiger partial charge in [-0.25, -0.2) is 0 Å². The lowest BCUT2D eigenvalue weighted by molar-refractivity contribution is 0.0137. The maximum Gasteiger partial charge on any atom is 0.0746 e. The van der Waals surface area contributed by atoms with Gasteiger partial charge in [-0.2, -0.15) is 0 Å². The molecule has 0 radical (unpaired) electrons. The molecule has 1 saturated carbocycles. The molecule has 0 spiro atoms. The quantitative estimate of drug-likeness (QED) is 0.712. The Morgan fingerprint density at radius 2 is 2.07 bits per heavy atom. The van der Waals surface area contributed by atoms with Gasteiger partial charge in [0, 0.05) is 25.7 Å². The molecule has 0 amide bonds. The second-order valence-corrected chi connectivity index (χ2v) is 5.54. The first-order valence-electron chi connectivity index (χ1n) is 6.11. The largest absolute Gasteiger partial charge is 0.391 e. The Balaban J connectivity index is 1.98.